The van der Waals surface area contributed by atoms with Crippen LogP contribution in [-0.2, 0) is 11.0 Å². The lowest BCUT2D eigenvalue weighted by Gasteiger charge is -2.33. The second-order valence-electron chi connectivity index (χ2n) is 7.29. The summed E-state index contributed by atoms with van der Waals surface area (Å²) in [6.45, 7) is 1.32. The highest BCUT2D eigenvalue weighted by atomic mass is 35.5. The molecule has 1 aromatic rings. The fraction of sp³-hybridized carbons (Fsp3) is 0.667. The first-order chi connectivity index (χ1) is 12.3. The lowest BCUT2D eigenvalue weighted by molar-refractivity contribution is -0.137. The Kier molecular flexibility index (Phi) is 9.30. The van der Waals surface area contributed by atoms with Crippen molar-refractivity contribution in [3.8, 4) is 0 Å². The summed E-state index contributed by atoms with van der Waals surface area (Å²) in [5.41, 5.74) is 5.27. The summed E-state index contributed by atoms with van der Waals surface area (Å²) in [6, 6.07) is 2.70. The van der Waals surface area contributed by atoms with Crippen LogP contribution in [0.4, 0.5) is 19.0 Å². The van der Waals surface area contributed by atoms with Gasteiger partial charge in [0.2, 0.25) is 5.91 Å². The van der Waals surface area contributed by atoms with E-state index in [9.17, 15) is 18.0 Å². The molecule has 2 heterocycles. The third-order valence-electron chi connectivity index (χ3n) is 5.42. The molecule has 1 saturated carbocycles. The molecule has 3 rings (SSSR count). The van der Waals surface area contributed by atoms with E-state index in [0.29, 0.717) is 25.3 Å². The van der Waals surface area contributed by atoms with Gasteiger partial charge in [-0.15, -0.1) is 24.8 Å². The first kappa shape index (κ1) is 24.8. The molecule has 0 aromatic carbocycles. The third-order valence-corrected chi connectivity index (χ3v) is 5.42. The molecule has 28 heavy (non-hydrogen) atoms. The van der Waals surface area contributed by atoms with Crippen LogP contribution in [0.2, 0.25) is 0 Å². The maximum absolute atomic E-state index is 12.6. The number of amides is 1. The van der Waals surface area contributed by atoms with Gasteiger partial charge in [-0.05, 0) is 43.7 Å². The van der Waals surface area contributed by atoms with E-state index >= 15 is 0 Å². The monoisotopic (exact) mass is 442 g/mol. The van der Waals surface area contributed by atoms with E-state index in [0.717, 1.165) is 44.4 Å². The average molecular weight is 443 g/mol. The van der Waals surface area contributed by atoms with Crippen LogP contribution in [0.5, 0.6) is 0 Å². The van der Waals surface area contributed by atoms with Crippen LogP contribution in [0.15, 0.2) is 18.3 Å². The van der Waals surface area contributed by atoms with Crippen LogP contribution in [0.3, 0.4) is 0 Å². The fourth-order valence-corrected chi connectivity index (χ4v) is 3.84. The van der Waals surface area contributed by atoms with Gasteiger partial charge in [0.25, 0.3) is 0 Å². The number of carbonyl (C=O) groups is 1. The molecule has 1 aliphatic heterocycles. The van der Waals surface area contributed by atoms with Gasteiger partial charge in [-0.1, -0.05) is 6.42 Å². The number of carbonyl (C=O) groups excluding carboxylic acids is 1. The molecule has 0 bridgehead atoms. The highest BCUT2D eigenvalue weighted by molar-refractivity contribution is 5.85. The summed E-state index contributed by atoms with van der Waals surface area (Å²) in [5.74, 6) is 0.879. The minimum atomic E-state index is -4.37. The zero-order valence-electron chi connectivity index (χ0n) is 15.5. The van der Waals surface area contributed by atoms with Crippen LogP contribution >= 0.6 is 24.8 Å². The Labute approximate surface area is 175 Å². The molecule has 2 atom stereocenters. The van der Waals surface area contributed by atoms with Crippen molar-refractivity contribution in [3.63, 3.8) is 0 Å². The lowest BCUT2D eigenvalue weighted by Crippen LogP contribution is -2.45. The van der Waals surface area contributed by atoms with E-state index in [1.165, 1.54) is 6.07 Å². The predicted molar refractivity (Wildman–Crippen MR) is 107 cm³/mol. The molecule has 5 nitrogen and oxygen atoms in total. The van der Waals surface area contributed by atoms with Crippen molar-refractivity contribution in [2.75, 3.05) is 18.0 Å². The van der Waals surface area contributed by atoms with E-state index < -0.39 is 11.7 Å². The number of hydrogen-bond donors (Lipinski definition) is 2. The van der Waals surface area contributed by atoms with Crippen molar-refractivity contribution in [3.05, 3.63) is 23.9 Å². The molecule has 3 N–H and O–H groups in total. The van der Waals surface area contributed by atoms with Crippen molar-refractivity contribution in [1.29, 1.82) is 0 Å². The number of nitrogens with two attached hydrogens (primary N) is 1. The molecule has 1 aromatic heterocycles. The number of nitrogens with one attached hydrogen (secondary N) is 1. The molecule has 1 amide bonds. The normalized spacial score (nSPS) is 22.9. The van der Waals surface area contributed by atoms with Crippen LogP contribution < -0.4 is 16.0 Å². The molecular formula is C18H27Cl2F3N4O. The molecule has 2 aliphatic rings. The number of pyridine rings is 1. The van der Waals surface area contributed by atoms with Crippen LogP contribution in [0, 0.1) is 5.92 Å². The number of piperidine rings is 1. The van der Waals surface area contributed by atoms with Crippen molar-refractivity contribution in [2.24, 2.45) is 11.7 Å². The van der Waals surface area contributed by atoms with Gasteiger partial charge in [0.1, 0.15) is 5.82 Å². The topological polar surface area (TPSA) is 71.2 Å². The first-order valence-corrected chi connectivity index (χ1v) is 9.16. The Bertz CT molecular complexity index is 622. The Balaban J connectivity index is 0.00000196. The maximum Gasteiger partial charge on any atom is 0.417 e. The molecule has 10 heteroatoms. The number of anilines is 1. The number of halogens is 5. The SMILES string of the molecule is Cl.Cl.N[C@@H]1CCC[C@H]1CC(=O)NC1CCN(c2ccc(C(F)(F)F)cn2)CC1. The highest BCUT2D eigenvalue weighted by Gasteiger charge is 2.31. The summed E-state index contributed by atoms with van der Waals surface area (Å²) >= 11 is 0. The third kappa shape index (κ3) is 6.39. The molecule has 1 aliphatic carbocycles. The molecule has 0 spiro atoms. The number of aromatic nitrogens is 1. The zero-order valence-corrected chi connectivity index (χ0v) is 17.1. The van der Waals surface area contributed by atoms with Crippen LogP contribution in [-0.4, -0.2) is 36.1 Å². The van der Waals surface area contributed by atoms with Gasteiger partial charge in [0.15, 0.2) is 0 Å². The Morgan fingerprint density at radius 1 is 1.18 bits per heavy atom. The summed E-state index contributed by atoms with van der Waals surface area (Å²) in [5, 5.41) is 3.08. The molecule has 2 fully saturated rings. The summed E-state index contributed by atoms with van der Waals surface area (Å²) in [7, 11) is 0. The quantitative estimate of drug-likeness (QED) is 0.747. The molecule has 160 valence electrons. The lowest BCUT2D eigenvalue weighted by atomic mass is 9.98. The van der Waals surface area contributed by atoms with Crippen molar-refractivity contribution >= 4 is 36.5 Å². The fourth-order valence-electron chi connectivity index (χ4n) is 3.84. The van der Waals surface area contributed by atoms with Gasteiger partial charge < -0.3 is 16.0 Å². The molecule has 1 saturated heterocycles. The van der Waals surface area contributed by atoms with Gasteiger partial charge >= 0.3 is 6.18 Å². The number of hydrogen-bond acceptors (Lipinski definition) is 4. The van der Waals surface area contributed by atoms with Gasteiger partial charge in [-0.2, -0.15) is 13.2 Å². The molecule has 0 radical (unpaired) electrons. The minimum Gasteiger partial charge on any atom is -0.356 e. The smallest absolute Gasteiger partial charge is 0.356 e. The summed E-state index contributed by atoms with van der Waals surface area (Å²) in [6.07, 6.45) is 1.61. The van der Waals surface area contributed by atoms with E-state index in [4.69, 9.17) is 5.73 Å². The van der Waals surface area contributed by atoms with Crippen LogP contribution in [0.1, 0.15) is 44.1 Å². The molecular weight excluding hydrogens is 416 g/mol. The maximum atomic E-state index is 12.6. The van der Waals surface area contributed by atoms with E-state index in [-0.39, 0.29) is 48.7 Å². The van der Waals surface area contributed by atoms with E-state index in [1.54, 1.807) is 0 Å². The predicted octanol–water partition coefficient (Wildman–Crippen LogP) is 3.55. The largest absolute Gasteiger partial charge is 0.417 e. The standard InChI is InChI=1S/C18H25F3N4O.2ClH/c19-18(20,21)13-4-5-16(23-11-13)25-8-6-14(7-9-25)24-17(26)10-12-2-1-3-15(12)22;;/h4-5,11-12,14-15H,1-3,6-10,22H2,(H,24,26);2*1H/t12-,15+;;/m0../s1. The summed E-state index contributed by atoms with van der Waals surface area (Å²) in [4.78, 5) is 18.1. The van der Waals surface area contributed by atoms with Gasteiger partial charge in [-0.25, -0.2) is 4.98 Å². The Morgan fingerprint density at radius 3 is 2.36 bits per heavy atom. The number of nitrogens with zero attached hydrogens (tertiary/aromatic N) is 2. The average Bonchev–Trinajstić information content (AvgIpc) is 2.99. The highest BCUT2D eigenvalue weighted by Crippen LogP contribution is 2.30. The summed E-state index contributed by atoms with van der Waals surface area (Å²) < 4.78 is 37.8. The van der Waals surface area contributed by atoms with Crippen molar-refractivity contribution in [1.82, 2.24) is 10.3 Å². The van der Waals surface area contributed by atoms with Crippen LogP contribution in [0.25, 0.3) is 0 Å². The first-order valence-electron chi connectivity index (χ1n) is 9.16. The Hall–Kier alpha value is -1.25. The van der Waals surface area contributed by atoms with E-state index in [2.05, 4.69) is 10.3 Å². The van der Waals surface area contributed by atoms with Gasteiger partial charge in [0, 0.05) is 37.8 Å². The zero-order chi connectivity index (χ0) is 18.7. The minimum absolute atomic E-state index is 0. The van der Waals surface area contributed by atoms with Crippen molar-refractivity contribution in [2.45, 2.75) is 56.8 Å². The van der Waals surface area contributed by atoms with Gasteiger partial charge in [-0.3, -0.25) is 4.79 Å². The van der Waals surface area contributed by atoms with Crippen molar-refractivity contribution < 1.29 is 18.0 Å². The second kappa shape index (κ2) is 10.5. The second-order valence-corrected chi connectivity index (χ2v) is 7.29. The number of alkyl halides is 3. The van der Waals surface area contributed by atoms with E-state index in [1.807, 2.05) is 4.90 Å². The molecule has 0 unspecified atom stereocenters. The Morgan fingerprint density at radius 2 is 1.86 bits per heavy atom. The number of rotatable bonds is 4. The van der Waals surface area contributed by atoms with Gasteiger partial charge in [0.05, 0.1) is 5.56 Å².